The first-order valence-electron chi connectivity index (χ1n) is 18.9. The molecule has 0 saturated heterocycles. The van der Waals surface area contributed by atoms with Gasteiger partial charge in [-0.15, -0.1) is 11.3 Å². The number of thiophene rings is 1. The van der Waals surface area contributed by atoms with Gasteiger partial charge in [-0.1, -0.05) is 140 Å². The molecule has 0 amide bonds. The van der Waals surface area contributed by atoms with E-state index in [9.17, 15) is 0 Å². The Balaban J connectivity index is 1.09. The summed E-state index contributed by atoms with van der Waals surface area (Å²) in [4.78, 5) is 2.30. The molecular weight excluding hydrogens is 704 g/mol. The molecule has 0 saturated carbocycles. The Morgan fingerprint density at radius 1 is 0.446 bits per heavy atom. The van der Waals surface area contributed by atoms with Crippen LogP contribution in [0.25, 0.3) is 80.7 Å². The van der Waals surface area contributed by atoms with E-state index >= 15 is 4.39 Å². The van der Waals surface area contributed by atoms with Gasteiger partial charge in [0.05, 0.1) is 22.4 Å². The Bertz CT molecular complexity index is 3270. The molecule has 0 fully saturated rings. The highest BCUT2D eigenvalue weighted by Crippen LogP contribution is 2.44. The van der Waals surface area contributed by atoms with E-state index < -0.39 is 0 Å². The molecule has 0 bridgehead atoms. The molecule has 11 rings (SSSR count). The average molecular weight is 737 g/mol. The molecule has 56 heavy (non-hydrogen) atoms. The van der Waals surface area contributed by atoms with E-state index in [-0.39, 0.29) is 5.82 Å². The Morgan fingerprint density at radius 3 is 1.91 bits per heavy atom. The molecule has 0 aliphatic rings. The van der Waals surface area contributed by atoms with Crippen molar-refractivity contribution in [3.8, 4) is 27.9 Å². The molecule has 0 aliphatic heterocycles. The van der Waals surface area contributed by atoms with Gasteiger partial charge in [-0.05, 0) is 93.7 Å². The minimum absolute atomic E-state index is 0.250. The Morgan fingerprint density at radius 2 is 1.07 bits per heavy atom. The SMILES string of the molecule is Fc1cccc2c3ccccc3n(-c3ccccc3N(c3ccc(-c4ccc5ccccc5c4)cc3)c3ccc(-c4cccc5c4sc4ccccc45)cc3)c12. The van der Waals surface area contributed by atoms with E-state index in [2.05, 4.69) is 173 Å². The lowest BCUT2D eigenvalue weighted by molar-refractivity contribution is 0.635. The van der Waals surface area contributed by atoms with Gasteiger partial charge in [-0.3, -0.25) is 0 Å². The molecule has 11 aromatic rings. The highest BCUT2D eigenvalue weighted by Gasteiger charge is 2.22. The van der Waals surface area contributed by atoms with Crippen LogP contribution in [0, 0.1) is 5.82 Å². The number of nitrogens with zero attached hydrogens (tertiary/aromatic N) is 2. The van der Waals surface area contributed by atoms with Crippen molar-refractivity contribution in [3.63, 3.8) is 0 Å². The number of benzene rings is 9. The number of anilines is 3. The largest absolute Gasteiger partial charge is 0.308 e. The molecule has 9 aromatic carbocycles. The zero-order chi connectivity index (χ0) is 37.2. The maximum atomic E-state index is 16.0. The summed E-state index contributed by atoms with van der Waals surface area (Å²) in [7, 11) is 0. The van der Waals surface area contributed by atoms with Crippen molar-refractivity contribution in [2.45, 2.75) is 0 Å². The smallest absolute Gasteiger partial charge is 0.147 e. The molecule has 2 nitrogen and oxygen atoms in total. The number of hydrogen-bond donors (Lipinski definition) is 0. The van der Waals surface area contributed by atoms with Crippen molar-refractivity contribution >= 4 is 81.1 Å². The van der Waals surface area contributed by atoms with Gasteiger partial charge >= 0.3 is 0 Å². The quantitative estimate of drug-likeness (QED) is 0.165. The van der Waals surface area contributed by atoms with Crippen molar-refractivity contribution in [1.82, 2.24) is 4.57 Å². The first-order chi connectivity index (χ1) is 27.7. The molecule has 0 aliphatic carbocycles. The number of rotatable bonds is 6. The van der Waals surface area contributed by atoms with Gasteiger partial charge < -0.3 is 9.47 Å². The summed E-state index contributed by atoms with van der Waals surface area (Å²) in [5, 5.41) is 6.93. The summed E-state index contributed by atoms with van der Waals surface area (Å²) in [6, 6.07) is 69.9. The maximum Gasteiger partial charge on any atom is 0.147 e. The normalized spacial score (nSPS) is 11.7. The minimum atomic E-state index is -0.250. The van der Waals surface area contributed by atoms with E-state index in [1.165, 1.54) is 42.1 Å². The summed E-state index contributed by atoms with van der Waals surface area (Å²) in [5.41, 5.74) is 10.1. The fraction of sp³-hybridized carbons (Fsp3) is 0. The standard InChI is InChI=1S/C52H33FN2S/c53-46-18-10-16-44-42-13-3-5-19-47(42)55(51(44)46)49-21-7-6-20-48(49)54(39-29-25-35(26-30-39)38-24-23-34-11-1-2-12-37(34)33-38)40-31-27-36(28-32-40)41-15-9-17-45-43-14-4-8-22-50(43)56-52(41)45/h1-33H. The third kappa shape index (κ3) is 5.22. The third-order valence-corrected chi connectivity index (χ3v) is 12.3. The first-order valence-corrected chi connectivity index (χ1v) is 19.7. The molecule has 0 N–H and O–H groups in total. The zero-order valence-electron chi connectivity index (χ0n) is 30.2. The van der Waals surface area contributed by atoms with Crippen LogP contribution in [0.1, 0.15) is 0 Å². The summed E-state index contributed by atoms with van der Waals surface area (Å²) in [6.45, 7) is 0. The van der Waals surface area contributed by atoms with Crippen LogP contribution in [-0.2, 0) is 0 Å². The second-order valence-electron chi connectivity index (χ2n) is 14.2. The fourth-order valence-electron chi connectivity index (χ4n) is 8.43. The Kier molecular flexibility index (Phi) is 7.58. The number of fused-ring (bicyclic) bond motifs is 7. The van der Waals surface area contributed by atoms with Gasteiger partial charge in [0.25, 0.3) is 0 Å². The minimum Gasteiger partial charge on any atom is -0.308 e. The van der Waals surface area contributed by atoms with Crippen molar-refractivity contribution < 1.29 is 4.39 Å². The van der Waals surface area contributed by atoms with Gasteiger partial charge in [0, 0.05) is 42.3 Å². The van der Waals surface area contributed by atoms with Crippen LogP contribution in [0.15, 0.2) is 200 Å². The van der Waals surface area contributed by atoms with Gasteiger partial charge in [-0.25, -0.2) is 4.39 Å². The van der Waals surface area contributed by atoms with Crippen molar-refractivity contribution in [2.24, 2.45) is 0 Å². The van der Waals surface area contributed by atoms with Crippen LogP contribution in [0.2, 0.25) is 0 Å². The molecule has 2 aromatic heterocycles. The van der Waals surface area contributed by atoms with Crippen molar-refractivity contribution in [1.29, 1.82) is 0 Å². The van der Waals surface area contributed by atoms with Crippen LogP contribution >= 0.6 is 11.3 Å². The summed E-state index contributed by atoms with van der Waals surface area (Å²) in [5.74, 6) is -0.250. The predicted octanol–water partition coefficient (Wildman–Crippen LogP) is 15.2. The van der Waals surface area contributed by atoms with Gasteiger partial charge in [0.2, 0.25) is 0 Å². The van der Waals surface area contributed by atoms with Crippen LogP contribution in [-0.4, -0.2) is 4.57 Å². The summed E-state index contributed by atoms with van der Waals surface area (Å²) < 4.78 is 20.7. The maximum absolute atomic E-state index is 16.0. The number of hydrogen-bond acceptors (Lipinski definition) is 2. The molecule has 0 atom stereocenters. The molecule has 0 spiro atoms. The predicted molar refractivity (Wildman–Crippen MR) is 237 cm³/mol. The second-order valence-corrected chi connectivity index (χ2v) is 15.3. The Labute approximate surface area is 327 Å². The van der Waals surface area contributed by atoms with Gasteiger partial charge in [0.15, 0.2) is 0 Å². The fourth-order valence-corrected chi connectivity index (χ4v) is 9.67. The van der Waals surface area contributed by atoms with E-state index in [0.717, 1.165) is 50.2 Å². The van der Waals surface area contributed by atoms with Crippen molar-refractivity contribution in [3.05, 3.63) is 206 Å². The van der Waals surface area contributed by atoms with E-state index in [0.29, 0.717) is 5.52 Å². The van der Waals surface area contributed by atoms with E-state index in [1.54, 1.807) is 12.1 Å². The lowest BCUT2D eigenvalue weighted by atomic mass is 10.0. The second kappa shape index (κ2) is 13.1. The number of para-hydroxylation sites is 4. The van der Waals surface area contributed by atoms with E-state index in [4.69, 9.17) is 0 Å². The van der Waals surface area contributed by atoms with Crippen LogP contribution in [0.3, 0.4) is 0 Å². The van der Waals surface area contributed by atoms with E-state index in [1.807, 2.05) is 35.6 Å². The number of halogens is 1. The molecular formula is C52H33FN2S. The third-order valence-electron chi connectivity index (χ3n) is 11.1. The average Bonchev–Trinajstić information content (AvgIpc) is 3.81. The molecule has 4 heteroatoms. The summed E-state index contributed by atoms with van der Waals surface area (Å²) in [6.07, 6.45) is 0. The van der Waals surface area contributed by atoms with Crippen molar-refractivity contribution in [2.75, 3.05) is 4.90 Å². The highest BCUT2D eigenvalue weighted by atomic mass is 32.1. The van der Waals surface area contributed by atoms with Crippen LogP contribution < -0.4 is 4.90 Å². The van der Waals surface area contributed by atoms with Crippen LogP contribution in [0.4, 0.5) is 21.5 Å². The van der Waals surface area contributed by atoms with Gasteiger partial charge in [0.1, 0.15) is 5.82 Å². The lowest BCUT2D eigenvalue weighted by Gasteiger charge is -2.28. The molecule has 0 radical (unpaired) electrons. The monoisotopic (exact) mass is 736 g/mol. The lowest BCUT2D eigenvalue weighted by Crippen LogP contribution is -2.13. The Hall–Kier alpha value is -7.01. The molecule has 0 unspecified atom stereocenters. The number of aromatic nitrogens is 1. The highest BCUT2D eigenvalue weighted by molar-refractivity contribution is 7.26. The zero-order valence-corrected chi connectivity index (χ0v) is 31.0. The topological polar surface area (TPSA) is 8.17 Å². The molecule has 2 heterocycles. The van der Waals surface area contributed by atoms with Gasteiger partial charge in [-0.2, -0.15) is 0 Å². The summed E-state index contributed by atoms with van der Waals surface area (Å²) >= 11 is 1.85. The molecule has 264 valence electrons. The first kappa shape index (κ1) is 32.4. The van der Waals surface area contributed by atoms with Crippen LogP contribution in [0.5, 0.6) is 0 Å².